The zero-order valence-electron chi connectivity index (χ0n) is 17.6. The van der Waals surface area contributed by atoms with Gasteiger partial charge in [-0.15, -0.1) is 0 Å². The van der Waals surface area contributed by atoms with Crippen LogP contribution in [0.25, 0.3) is 16.6 Å². The van der Waals surface area contributed by atoms with Gasteiger partial charge in [-0.05, 0) is 62.9 Å². The summed E-state index contributed by atoms with van der Waals surface area (Å²) in [6.45, 7) is 5.64. The van der Waals surface area contributed by atoms with Gasteiger partial charge in [-0.25, -0.2) is 9.78 Å². The first-order chi connectivity index (χ1) is 14.8. The Kier molecular flexibility index (Phi) is 5.82. The number of hydrogen-bond donors (Lipinski definition) is 2. The van der Waals surface area contributed by atoms with Crippen LogP contribution in [0.1, 0.15) is 30.9 Å². The van der Waals surface area contributed by atoms with E-state index >= 15 is 0 Å². The number of carbonyl (C=O) groups excluding carboxylic acids is 2. The quantitative estimate of drug-likeness (QED) is 0.472. The van der Waals surface area contributed by atoms with Gasteiger partial charge in [0, 0.05) is 6.04 Å². The third-order valence-corrected chi connectivity index (χ3v) is 6.41. The molecule has 0 saturated heterocycles. The van der Waals surface area contributed by atoms with Crippen molar-refractivity contribution in [3.8, 4) is 5.69 Å². The van der Waals surface area contributed by atoms with Gasteiger partial charge >= 0.3 is 6.03 Å². The number of thioether (sulfide) groups is 1. The molecule has 0 bridgehead atoms. The standard InChI is InChI=1S/C23H24N4O3S/c1-13-7-6-10-19(14(13)2)27-21(29)17-8-4-5-9-18(17)25-23(27)31-15(3)20(28)26-22(30)24-16-11-12-16/h4-10,15-16H,11-12H2,1-3H3,(H2,24,26,28,30). The average Bonchev–Trinajstić information content (AvgIpc) is 3.54. The second kappa shape index (κ2) is 8.55. The third-order valence-electron chi connectivity index (χ3n) is 5.36. The highest BCUT2D eigenvalue weighted by atomic mass is 32.2. The smallest absolute Gasteiger partial charge is 0.321 e. The molecule has 7 nitrogen and oxygen atoms in total. The van der Waals surface area contributed by atoms with Crippen molar-refractivity contribution in [2.45, 2.75) is 50.1 Å². The number of benzene rings is 2. The molecule has 1 aliphatic rings. The first-order valence-corrected chi connectivity index (χ1v) is 11.1. The van der Waals surface area contributed by atoms with Crippen molar-refractivity contribution in [3.63, 3.8) is 0 Å². The maximum Gasteiger partial charge on any atom is 0.321 e. The number of carbonyl (C=O) groups is 2. The number of rotatable bonds is 5. The van der Waals surface area contributed by atoms with Gasteiger partial charge in [-0.2, -0.15) is 0 Å². The highest BCUT2D eigenvalue weighted by Crippen LogP contribution is 2.27. The fourth-order valence-electron chi connectivity index (χ4n) is 3.26. The van der Waals surface area contributed by atoms with Crippen LogP contribution in [0.2, 0.25) is 0 Å². The fourth-order valence-corrected chi connectivity index (χ4v) is 4.18. The molecule has 2 N–H and O–H groups in total. The van der Waals surface area contributed by atoms with Gasteiger partial charge in [0.1, 0.15) is 0 Å². The lowest BCUT2D eigenvalue weighted by Gasteiger charge is -2.18. The Bertz CT molecular complexity index is 1230. The Labute approximate surface area is 184 Å². The van der Waals surface area contributed by atoms with E-state index in [2.05, 4.69) is 15.6 Å². The summed E-state index contributed by atoms with van der Waals surface area (Å²) >= 11 is 1.15. The summed E-state index contributed by atoms with van der Waals surface area (Å²) in [5, 5.41) is 5.40. The molecule has 160 valence electrons. The highest BCUT2D eigenvalue weighted by Gasteiger charge is 2.26. The Hall–Kier alpha value is -3.13. The van der Waals surface area contributed by atoms with Crippen LogP contribution in [-0.4, -0.2) is 32.8 Å². The number of hydrogen-bond acceptors (Lipinski definition) is 5. The molecular weight excluding hydrogens is 412 g/mol. The summed E-state index contributed by atoms with van der Waals surface area (Å²) in [6.07, 6.45) is 1.88. The summed E-state index contributed by atoms with van der Waals surface area (Å²) in [4.78, 5) is 42.6. The largest absolute Gasteiger partial charge is 0.335 e. The van der Waals surface area contributed by atoms with E-state index in [1.54, 1.807) is 29.7 Å². The van der Waals surface area contributed by atoms with E-state index in [9.17, 15) is 14.4 Å². The maximum atomic E-state index is 13.4. The molecule has 0 aliphatic heterocycles. The van der Waals surface area contributed by atoms with Gasteiger partial charge in [0.15, 0.2) is 5.16 Å². The molecule has 1 aliphatic carbocycles. The molecule has 1 unspecified atom stereocenters. The van der Waals surface area contributed by atoms with Crippen molar-refractivity contribution >= 4 is 34.6 Å². The van der Waals surface area contributed by atoms with Crippen LogP contribution in [0.3, 0.4) is 0 Å². The Balaban J connectivity index is 1.72. The van der Waals surface area contributed by atoms with Crippen LogP contribution in [-0.2, 0) is 4.79 Å². The molecule has 1 fully saturated rings. The number of aryl methyl sites for hydroxylation is 1. The fraction of sp³-hybridized carbons (Fsp3) is 0.304. The SMILES string of the molecule is Cc1cccc(-n2c(SC(C)C(=O)NC(=O)NC3CC3)nc3ccccc3c2=O)c1C. The van der Waals surface area contributed by atoms with E-state index < -0.39 is 17.2 Å². The van der Waals surface area contributed by atoms with Gasteiger partial charge in [0.25, 0.3) is 5.56 Å². The first kappa shape index (κ1) is 21.1. The lowest BCUT2D eigenvalue weighted by molar-refractivity contribution is -0.119. The van der Waals surface area contributed by atoms with Crippen LogP contribution < -0.4 is 16.2 Å². The molecule has 0 radical (unpaired) electrons. The van der Waals surface area contributed by atoms with E-state index in [-0.39, 0.29) is 11.6 Å². The second-order valence-corrected chi connectivity index (χ2v) is 9.08. The summed E-state index contributed by atoms with van der Waals surface area (Å²) in [5.41, 5.74) is 3.11. The molecule has 3 amide bonds. The average molecular weight is 437 g/mol. The zero-order valence-corrected chi connectivity index (χ0v) is 18.5. The Morgan fingerprint density at radius 2 is 1.87 bits per heavy atom. The van der Waals surface area contributed by atoms with E-state index in [0.717, 1.165) is 41.4 Å². The van der Waals surface area contributed by atoms with Gasteiger partial charge in [-0.1, -0.05) is 36.0 Å². The summed E-state index contributed by atoms with van der Waals surface area (Å²) < 4.78 is 1.56. The van der Waals surface area contributed by atoms with E-state index in [4.69, 9.17) is 0 Å². The molecule has 3 aromatic rings. The number of nitrogens with zero attached hydrogens (tertiary/aromatic N) is 2. The predicted molar refractivity (Wildman–Crippen MR) is 122 cm³/mol. The molecule has 2 aromatic carbocycles. The third kappa shape index (κ3) is 4.49. The number of urea groups is 1. The van der Waals surface area contributed by atoms with Crippen molar-refractivity contribution in [1.29, 1.82) is 0 Å². The molecular formula is C23H24N4O3S. The maximum absolute atomic E-state index is 13.4. The number of imide groups is 1. The van der Waals surface area contributed by atoms with Gasteiger partial charge < -0.3 is 5.32 Å². The van der Waals surface area contributed by atoms with Crippen molar-refractivity contribution in [2.75, 3.05) is 0 Å². The highest BCUT2D eigenvalue weighted by molar-refractivity contribution is 8.00. The number of amides is 3. The van der Waals surface area contributed by atoms with Gasteiger partial charge in [0.2, 0.25) is 5.91 Å². The minimum Gasteiger partial charge on any atom is -0.335 e. The summed E-state index contributed by atoms with van der Waals surface area (Å²) in [5.74, 6) is -0.432. The molecule has 1 aromatic heterocycles. The molecule has 4 rings (SSSR count). The molecule has 31 heavy (non-hydrogen) atoms. The Morgan fingerprint density at radius 3 is 2.61 bits per heavy atom. The van der Waals surface area contributed by atoms with Crippen LogP contribution in [0.15, 0.2) is 52.4 Å². The molecule has 1 atom stereocenters. The minimum atomic E-state index is -0.630. The van der Waals surface area contributed by atoms with E-state index in [1.165, 1.54) is 0 Å². The topological polar surface area (TPSA) is 93.1 Å². The van der Waals surface area contributed by atoms with Crippen molar-refractivity contribution < 1.29 is 9.59 Å². The van der Waals surface area contributed by atoms with Gasteiger partial charge in [-0.3, -0.25) is 19.5 Å². The normalized spacial score (nSPS) is 14.3. The minimum absolute atomic E-state index is 0.160. The van der Waals surface area contributed by atoms with Crippen LogP contribution >= 0.6 is 11.8 Å². The predicted octanol–water partition coefficient (Wildman–Crippen LogP) is 3.47. The number of nitrogens with one attached hydrogen (secondary N) is 2. The van der Waals surface area contributed by atoms with Crippen LogP contribution in [0, 0.1) is 13.8 Å². The molecule has 0 spiro atoms. The van der Waals surface area contributed by atoms with Crippen molar-refractivity contribution in [1.82, 2.24) is 20.2 Å². The Morgan fingerprint density at radius 1 is 1.13 bits per heavy atom. The monoisotopic (exact) mass is 436 g/mol. The van der Waals surface area contributed by atoms with Crippen molar-refractivity contribution in [3.05, 3.63) is 63.9 Å². The van der Waals surface area contributed by atoms with E-state index in [1.807, 2.05) is 38.1 Å². The zero-order chi connectivity index (χ0) is 22.1. The lowest BCUT2D eigenvalue weighted by Crippen LogP contribution is -2.43. The number of aromatic nitrogens is 2. The molecule has 1 saturated carbocycles. The first-order valence-electron chi connectivity index (χ1n) is 10.2. The molecule has 8 heteroatoms. The lowest BCUT2D eigenvalue weighted by atomic mass is 10.1. The number of fused-ring (bicyclic) bond motifs is 1. The van der Waals surface area contributed by atoms with Crippen molar-refractivity contribution in [2.24, 2.45) is 0 Å². The second-order valence-electron chi connectivity index (χ2n) is 7.77. The molecule has 1 heterocycles. The van der Waals surface area contributed by atoms with Crippen LogP contribution in [0.5, 0.6) is 0 Å². The summed E-state index contributed by atoms with van der Waals surface area (Å²) in [6, 6.07) is 12.6. The van der Waals surface area contributed by atoms with E-state index in [0.29, 0.717) is 16.1 Å². The summed E-state index contributed by atoms with van der Waals surface area (Å²) in [7, 11) is 0. The van der Waals surface area contributed by atoms with Gasteiger partial charge in [0.05, 0.1) is 21.8 Å². The number of para-hydroxylation sites is 1. The van der Waals surface area contributed by atoms with Crippen LogP contribution in [0.4, 0.5) is 4.79 Å².